The maximum absolute atomic E-state index is 11.0. The van der Waals surface area contributed by atoms with Crippen LogP contribution >= 0.6 is 11.8 Å². The summed E-state index contributed by atoms with van der Waals surface area (Å²) in [6, 6.07) is 14.7. The van der Waals surface area contributed by atoms with Gasteiger partial charge in [0.05, 0.1) is 7.11 Å². The maximum atomic E-state index is 11.0. The fourth-order valence-electron chi connectivity index (χ4n) is 2.01. The number of anilines is 1. The third-order valence-electron chi connectivity index (χ3n) is 2.99. The molecule has 0 spiro atoms. The van der Waals surface area contributed by atoms with Gasteiger partial charge in [0.2, 0.25) is 6.54 Å². The van der Waals surface area contributed by atoms with E-state index in [1.807, 2.05) is 36.4 Å². The van der Waals surface area contributed by atoms with Crippen molar-refractivity contribution in [1.29, 1.82) is 0 Å². The van der Waals surface area contributed by atoms with Gasteiger partial charge in [0, 0.05) is 21.1 Å². The number of nitro groups is 1. The Labute approximate surface area is 127 Å². The average molecular weight is 304 g/mol. The van der Waals surface area contributed by atoms with Crippen LogP contribution in [0.4, 0.5) is 5.69 Å². The van der Waals surface area contributed by atoms with E-state index in [4.69, 9.17) is 10.5 Å². The molecule has 0 aliphatic heterocycles. The highest BCUT2D eigenvalue weighted by Crippen LogP contribution is 2.41. The third-order valence-corrected chi connectivity index (χ3v) is 4.30. The number of para-hydroxylation sites is 2. The Morgan fingerprint density at radius 2 is 1.90 bits per heavy atom. The van der Waals surface area contributed by atoms with Crippen molar-refractivity contribution >= 4 is 17.4 Å². The van der Waals surface area contributed by atoms with Crippen molar-refractivity contribution in [1.82, 2.24) is 0 Å². The molecule has 0 aromatic heterocycles. The number of benzene rings is 2. The second kappa shape index (κ2) is 6.99. The predicted molar refractivity (Wildman–Crippen MR) is 84.3 cm³/mol. The molecule has 0 unspecified atom stereocenters. The van der Waals surface area contributed by atoms with Crippen LogP contribution in [0.5, 0.6) is 5.75 Å². The summed E-state index contributed by atoms with van der Waals surface area (Å²) in [6.07, 6.45) is 0. The van der Waals surface area contributed by atoms with E-state index in [-0.39, 0.29) is 16.7 Å². The van der Waals surface area contributed by atoms with Crippen molar-refractivity contribution in [2.75, 3.05) is 19.4 Å². The first-order valence-electron chi connectivity index (χ1n) is 6.37. The lowest BCUT2D eigenvalue weighted by Crippen LogP contribution is -2.11. The fraction of sp³-hybridized carbons (Fsp3) is 0.200. The Balaban J connectivity index is 2.34. The molecule has 1 atom stereocenters. The van der Waals surface area contributed by atoms with E-state index in [1.54, 1.807) is 19.2 Å². The van der Waals surface area contributed by atoms with E-state index in [9.17, 15) is 10.1 Å². The summed E-state index contributed by atoms with van der Waals surface area (Å²) in [5.41, 5.74) is 7.34. The van der Waals surface area contributed by atoms with E-state index in [0.29, 0.717) is 11.4 Å². The highest BCUT2D eigenvalue weighted by atomic mass is 32.2. The third kappa shape index (κ3) is 3.88. The minimum Gasteiger partial charge on any atom is -0.496 e. The van der Waals surface area contributed by atoms with Crippen LogP contribution in [0, 0.1) is 10.1 Å². The molecule has 21 heavy (non-hydrogen) atoms. The Kier molecular flexibility index (Phi) is 5.05. The van der Waals surface area contributed by atoms with Gasteiger partial charge in [-0.25, -0.2) is 0 Å². The molecule has 2 aromatic rings. The van der Waals surface area contributed by atoms with Gasteiger partial charge in [-0.05, 0) is 18.2 Å². The first kappa shape index (κ1) is 15.2. The number of hydrogen-bond acceptors (Lipinski definition) is 5. The average Bonchev–Trinajstić information content (AvgIpc) is 2.48. The van der Waals surface area contributed by atoms with E-state index in [0.717, 1.165) is 10.5 Å². The molecule has 0 saturated heterocycles. The van der Waals surface area contributed by atoms with Crippen LogP contribution in [0.2, 0.25) is 0 Å². The molecular weight excluding hydrogens is 288 g/mol. The molecule has 110 valence electrons. The molecule has 6 heteroatoms. The van der Waals surface area contributed by atoms with Gasteiger partial charge < -0.3 is 10.5 Å². The molecule has 0 fully saturated rings. The lowest BCUT2D eigenvalue weighted by molar-refractivity contribution is -0.479. The summed E-state index contributed by atoms with van der Waals surface area (Å²) in [5, 5.41) is 10.6. The first-order chi connectivity index (χ1) is 10.1. The number of nitrogens with two attached hydrogens (primary N) is 1. The quantitative estimate of drug-likeness (QED) is 0.383. The normalized spacial score (nSPS) is 11.9. The molecule has 0 aliphatic rings. The zero-order chi connectivity index (χ0) is 15.2. The van der Waals surface area contributed by atoms with Crippen molar-refractivity contribution < 1.29 is 9.66 Å². The molecule has 0 aliphatic carbocycles. The van der Waals surface area contributed by atoms with Crippen molar-refractivity contribution in [2.24, 2.45) is 0 Å². The molecule has 0 radical (unpaired) electrons. The topological polar surface area (TPSA) is 78.4 Å². The van der Waals surface area contributed by atoms with Crippen LogP contribution < -0.4 is 10.5 Å². The highest BCUT2D eigenvalue weighted by molar-refractivity contribution is 7.99. The standard InChI is InChI=1S/C15H16N2O3S/c1-20-13-8-4-2-6-11(13)15(10-17(18)19)21-14-9-5-3-7-12(14)16/h2-9,15H,10,16H2,1H3/t15-/m0/s1. The zero-order valence-electron chi connectivity index (χ0n) is 11.6. The minimum atomic E-state index is -0.360. The first-order valence-corrected chi connectivity index (χ1v) is 7.25. The lowest BCUT2D eigenvalue weighted by Gasteiger charge is -2.17. The predicted octanol–water partition coefficient (Wildman–Crippen LogP) is 3.39. The van der Waals surface area contributed by atoms with Crippen molar-refractivity contribution in [2.45, 2.75) is 10.1 Å². The monoisotopic (exact) mass is 304 g/mol. The zero-order valence-corrected chi connectivity index (χ0v) is 12.4. The molecule has 2 rings (SSSR count). The van der Waals surface area contributed by atoms with E-state index in [1.165, 1.54) is 11.8 Å². The van der Waals surface area contributed by atoms with Crippen LogP contribution in [-0.4, -0.2) is 18.6 Å². The largest absolute Gasteiger partial charge is 0.496 e. The van der Waals surface area contributed by atoms with E-state index < -0.39 is 0 Å². The van der Waals surface area contributed by atoms with Crippen LogP contribution in [0.15, 0.2) is 53.4 Å². The van der Waals surface area contributed by atoms with Crippen LogP contribution in [0.1, 0.15) is 10.8 Å². The van der Waals surface area contributed by atoms with Crippen molar-refractivity contribution in [3.05, 3.63) is 64.2 Å². The maximum Gasteiger partial charge on any atom is 0.220 e. The fourth-order valence-corrected chi connectivity index (χ4v) is 3.19. The Morgan fingerprint density at radius 1 is 1.24 bits per heavy atom. The van der Waals surface area contributed by atoms with Gasteiger partial charge in [-0.1, -0.05) is 30.3 Å². The van der Waals surface area contributed by atoms with Gasteiger partial charge in [0.25, 0.3) is 0 Å². The van der Waals surface area contributed by atoms with E-state index >= 15 is 0 Å². The second-order valence-electron chi connectivity index (χ2n) is 4.40. The number of ether oxygens (including phenoxy) is 1. The Hall–Kier alpha value is -2.21. The minimum absolute atomic E-state index is 0.195. The molecular formula is C15H16N2O3S. The molecule has 0 bridgehead atoms. The van der Waals surface area contributed by atoms with Crippen LogP contribution in [0.25, 0.3) is 0 Å². The van der Waals surface area contributed by atoms with Crippen molar-refractivity contribution in [3.8, 4) is 5.75 Å². The highest BCUT2D eigenvalue weighted by Gasteiger charge is 2.23. The molecule has 0 amide bonds. The summed E-state index contributed by atoms with van der Waals surface area (Å²) < 4.78 is 5.31. The number of rotatable bonds is 6. The summed E-state index contributed by atoms with van der Waals surface area (Å²) in [7, 11) is 1.56. The SMILES string of the molecule is COc1ccccc1[C@H](C[N+](=O)[O-])Sc1ccccc1N. The summed E-state index contributed by atoms with van der Waals surface area (Å²) in [5.74, 6) is 0.645. The van der Waals surface area contributed by atoms with Gasteiger partial charge in [-0.2, -0.15) is 0 Å². The molecule has 2 N–H and O–H groups in total. The molecule has 0 saturated carbocycles. The number of hydrogen-bond donors (Lipinski definition) is 1. The number of nitrogen functional groups attached to an aromatic ring is 1. The van der Waals surface area contributed by atoms with Crippen molar-refractivity contribution in [3.63, 3.8) is 0 Å². The Bertz CT molecular complexity index is 634. The summed E-state index contributed by atoms with van der Waals surface area (Å²) in [4.78, 5) is 11.5. The Morgan fingerprint density at radius 3 is 2.57 bits per heavy atom. The molecule has 2 aromatic carbocycles. The van der Waals surface area contributed by atoms with Gasteiger partial charge in [0.1, 0.15) is 11.0 Å². The van der Waals surface area contributed by atoms with Gasteiger partial charge in [-0.3, -0.25) is 10.1 Å². The smallest absolute Gasteiger partial charge is 0.220 e. The van der Waals surface area contributed by atoms with E-state index in [2.05, 4.69) is 0 Å². The number of thioether (sulfide) groups is 1. The molecule has 0 heterocycles. The van der Waals surface area contributed by atoms with Crippen LogP contribution in [-0.2, 0) is 0 Å². The number of methoxy groups -OCH3 is 1. The second-order valence-corrected chi connectivity index (χ2v) is 5.65. The van der Waals surface area contributed by atoms with Gasteiger partial charge in [-0.15, -0.1) is 11.8 Å². The molecule has 5 nitrogen and oxygen atoms in total. The van der Waals surface area contributed by atoms with Crippen LogP contribution in [0.3, 0.4) is 0 Å². The summed E-state index contributed by atoms with van der Waals surface area (Å²) in [6.45, 7) is -0.195. The summed E-state index contributed by atoms with van der Waals surface area (Å²) >= 11 is 1.38. The number of nitrogens with zero attached hydrogens (tertiary/aromatic N) is 1. The van der Waals surface area contributed by atoms with Gasteiger partial charge in [0.15, 0.2) is 0 Å². The lowest BCUT2D eigenvalue weighted by atomic mass is 10.1. The van der Waals surface area contributed by atoms with Gasteiger partial charge >= 0.3 is 0 Å².